The van der Waals surface area contributed by atoms with Crippen LogP contribution in [0.15, 0.2) is 36.9 Å². The molecule has 5 heteroatoms. The Kier molecular flexibility index (Phi) is 7.73. The Balaban J connectivity index is 1.68. The van der Waals surface area contributed by atoms with E-state index in [2.05, 4.69) is 16.4 Å². The van der Waals surface area contributed by atoms with Crippen LogP contribution >= 0.6 is 0 Å². The number of carbonyl (C=O) groups excluding carboxylic acids is 3. The van der Waals surface area contributed by atoms with Crippen molar-refractivity contribution in [2.75, 3.05) is 37.6 Å². The minimum Gasteiger partial charge on any atom is -0.369 e. The molecule has 0 radical (unpaired) electrons. The van der Waals surface area contributed by atoms with Crippen LogP contribution in [-0.4, -0.2) is 55.0 Å². The van der Waals surface area contributed by atoms with Crippen LogP contribution in [0.4, 0.5) is 5.69 Å². The predicted octanol–water partition coefficient (Wildman–Crippen LogP) is 2.90. The lowest BCUT2D eigenvalue weighted by Gasteiger charge is -2.36. The van der Waals surface area contributed by atoms with Gasteiger partial charge in [0.15, 0.2) is 11.6 Å². The van der Waals surface area contributed by atoms with Crippen LogP contribution in [0, 0.1) is 0 Å². The van der Waals surface area contributed by atoms with E-state index in [1.807, 2.05) is 24.3 Å². The number of ketones is 3. The van der Waals surface area contributed by atoms with Crippen molar-refractivity contribution < 1.29 is 14.4 Å². The second-order valence-corrected chi connectivity index (χ2v) is 6.74. The number of hydrogen-bond donors (Lipinski definition) is 0. The highest BCUT2D eigenvalue weighted by atomic mass is 16.1. The highest BCUT2D eigenvalue weighted by molar-refractivity contribution is 5.94. The van der Waals surface area contributed by atoms with Gasteiger partial charge in [0.25, 0.3) is 0 Å². The average Bonchev–Trinajstić information content (AvgIpc) is 2.66. The fourth-order valence-corrected chi connectivity index (χ4v) is 3.11. The molecule has 1 aromatic rings. The second kappa shape index (κ2) is 10.0. The summed E-state index contributed by atoms with van der Waals surface area (Å²) in [6.45, 7) is 9.49. The van der Waals surface area contributed by atoms with Crippen LogP contribution in [0.1, 0.15) is 43.0 Å². The van der Waals surface area contributed by atoms with Gasteiger partial charge in [-0.05, 0) is 43.7 Å². The first-order chi connectivity index (χ1) is 12.5. The lowest BCUT2D eigenvalue weighted by atomic mass is 10.1. The van der Waals surface area contributed by atoms with Crippen molar-refractivity contribution in [1.29, 1.82) is 0 Å². The Morgan fingerprint density at radius 2 is 1.65 bits per heavy atom. The van der Waals surface area contributed by atoms with Crippen LogP contribution in [0.2, 0.25) is 0 Å². The molecule has 0 atom stereocenters. The first kappa shape index (κ1) is 20.0. The zero-order valence-electron chi connectivity index (χ0n) is 15.6. The zero-order chi connectivity index (χ0) is 18.9. The largest absolute Gasteiger partial charge is 0.369 e. The number of benzene rings is 1. The first-order valence-electron chi connectivity index (χ1n) is 9.25. The summed E-state index contributed by atoms with van der Waals surface area (Å²) >= 11 is 0. The molecule has 0 bridgehead atoms. The number of carbonyl (C=O) groups is 3. The molecular formula is C21H28N2O3. The third-order valence-corrected chi connectivity index (χ3v) is 4.82. The topological polar surface area (TPSA) is 57.7 Å². The number of nitrogens with zero attached hydrogens (tertiary/aromatic N) is 2. The fraction of sp³-hybridized carbons (Fsp3) is 0.476. The molecule has 0 aliphatic carbocycles. The third kappa shape index (κ3) is 6.23. The van der Waals surface area contributed by atoms with E-state index in [1.165, 1.54) is 6.08 Å². The van der Waals surface area contributed by atoms with E-state index in [-0.39, 0.29) is 17.3 Å². The summed E-state index contributed by atoms with van der Waals surface area (Å²) in [4.78, 5) is 39.0. The third-order valence-electron chi connectivity index (χ3n) is 4.82. The van der Waals surface area contributed by atoms with Crippen molar-refractivity contribution in [2.45, 2.75) is 32.6 Å². The summed E-state index contributed by atoms with van der Waals surface area (Å²) in [7, 11) is 0. The average molecular weight is 356 g/mol. The molecule has 1 saturated heterocycles. The summed E-state index contributed by atoms with van der Waals surface area (Å²) < 4.78 is 0. The van der Waals surface area contributed by atoms with Gasteiger partial charge in [-0.2, -0.15) is 0 Å². The molecule has 2 rings (SSSR count). The van der Waals surface area contributed by atoms with E-state index >= 15 is 0 Å². The highest BCUT2D eigenvalue weighted by Gasteiger charge is 2.18. The van der Waals surface area contributed by atoms with Gasteiger partial charge in [-0.15, -0.1) is 0 Å². The normalized spacial score (nSPS) is 14.9. The van der Waals surface area contributed by atoms with E-state index in [1.54, 1.807) is 6.92 Å². The number of Topliss-reactive ketones (excluding diaryl/α,β-unsaturated/α-hetero) is 2. The number of anilines is 1. The molecule has 26 heavy (non-hydrogen) atoms. The van der Waals surface area contributed by atoms with Crippen LogP contribution in [-0.2, 0) is 9.59 Å². The highest BCUT2D eigenvalue weighted by Crippen LogP contribution is 2.18. The van der Waals surface area contributed by atoms with Gasteiger partial charge in [0.1, 0.15) is 5.78 Å². The smallest absolute Gasteiger partial charge is 0.159 e. The minimum absolute atomic E-state index is 0.00487. The van der Waals surface area contributed by atoms with Crippen molar-refractivity contribution in [1.82, 2.24) is 4.90 Å². The Morgan fingerprint density at radius 1 is 1.00 bits per heavy atom. The molecular weight excluding hydrogens is 328 g/mol. The molecule has 140 valence electrons. The maximum absolute atomic E-state index is 11.9. The van der Waals surface area contributed by atoms with E-state index in [9.17, 15) is 14.4 Å². The van der Waals surface area contributed by atoms with Gasteiger partial charge >= 0.3 is 0 Å². The summed E-state index contributed by atoms with van der Waals surface area (Å²) in [6, 6.07) is 7.75. The summed E-state index contributed by atoms with van der Waals surface area (Å²) in [5.41, 5.74) is 1.87. The molecule has 5 nitrogen and oxygen atoms in total. The standard InChI is InChI=1S/C21H28N2O3/c1-3-20(25)5-4-6-21(26)11-12-22-13-15-23(16-14-22)19-9-7-18(8-10-19)17(2)24/h3,7-10H,1,4-6,11-16H2,2H3. The summed E-state index contributed by atoms with van der Waals surface area (Å²) in [5.74, 6) is 0.314. The van der Waals surface area contributed by atoms with Crippen LogP contribution < -0.4 is 4.90 Å². The lowest BCUT2D eigenvalue weighted by molar-refractivity contribution is -0.119. The van der Waals surface area contributed by atoms with E-state index in [4.69, 9.17) is 0 Å². The van der Waals surface area contributed by atoms with Crippen molar-refractivity contribution >= 4 is 23.0 Å². The van der Waals surface area contributed by atoms with Crippen molar-refractivity contribution in [3.63, 3.8) is 0 Å². The predicted molar refractivity (Wildman–Crippen MR) is 104 cm³/mol. The molecule has 1 aromatic carbocycles. The van der Waals surface area contributed by atoms with Gasteiger partial charge in [0.2, 0.25) is 0 Å². The number of allylic oxidation sites excluding steroid dienone is 1. The maximum Gasteiger partial charge on any atom is 0.159 e. The van der Waals surface area contributed by atoms with E-state index < -0.39 is 0 Å². The Bertz CT molecular complexity index is 644. The van der Waals surface area contributed by atoms with Crippen LogP contribution in [0.3, 0.4) is 0 Å². The Labute approximate surface area is 155 Å². The minimum atomic E-state index is 0.00487. The molecule has 0 N–H and O–H groups in total. The summed E-state index contributed by atoms with van der Waals surface area (Å²) in [5, 5.41) is 0. The van der Waals surface area contributed by atoms with Gasteiger partial charge in [-0.25, -0.2) is 0 Å². The molecule has 0 amide bonds. The van der Waals surface area contributed by atoms with Gasteiger partial charge in [-0.3, -0.25) is 19.3 Å². The van der Waals surface area contributed by atoms with Gasteiger partial charge < -0.3 is 4.90 Å². The molecule has 0 spiro atoms. The summed E-state index contributed by atoms with van der Waals surface area (Å²) in [6.07, 6.45) is 3.37. The van der Waals surface area contributed by atoms with Gasteiger partial charge in [-0.1, -0.05) is 6.58 Å². The molecule has 1 aliphatic heterocycles. The number of piperazine rings is 1. The Hall–Kier alpha value is -2.27. The monoisotopic (exact) mass is 356 g/mol. The van der Waals surface area contributed by atoms with Crippen molar-refractivity contribution in [2.24, 2.45) is 0 Å². The van der Waals surface area contributed by atoms with Crippen molar-refractivity contribution in [3.05, 3.63) is 42.5 Å². The first-order valence-corrected chi connectivity index (χ1v) is 9.25. The van der Waals surface area contributed by atoms with E-state index in [0.717, 1.165) is 44.0 Å². The molecule has 1 aliphatic rings. The van der Waals surface area contributed by atoms with Gasteiger partial charge in [0.05, 0.1) is 0 Å². The molecule has 0 aromatic heterocycles. The van der Waals surface area contributed by atoms with Gasteiger partial charge in [0, 0.05) is 63.2 Å². The maximum atomic E-state index is 11.9. The number of rotatable bonds is 10. The quantitative estimate of drug-likeness (QED) is 0.477. The molecule has 1 heterocycles. The van der Waals surface area contributed by atoms with Crippen LogP contribution in [0.25, 0.3) is 0 Å². The molecule has 1 fully saturated rings. The molecule has 0 saturated carbocycles. The lowest BCUT2D eigenvalue weighted by Crippen LogP contribution is -2.46. The van der Waals surface area contributed by atoms with E-state index in [0.29, 0.717) is 25.7 Å². The SMILES string of the molecule is C=CC(=O)CCCC(=O)CCN1CCN(c2ccc(C(C)=O)cc2)CC1. The molecule has 0 unspecified atom stereocenters. The number of hydrogen-bond acceptors (Lipinski definition) is 5. The Morgan fingerprint density at radius 3 is 2.23 bits per heavy atom. The fourth-order valence-electron chi connectivity index (χ4n) is 3.11. The zero-order valence-corrected chi connectivity index (χ0v) is 15.6. The van der Waals surface area contributed by atoms with Crippen LogP contribution in [0.5, 0.6) is 0 Å². The van der Waals surface area contributed by atoms with Crippen molar-refractivity contribution in [3.8, 4) is 0 Å². The second-order valence-electron chi connectivity index (χ2n) is 6.74.